The molecule has 0 bridgehead atoms. The number of fused-ring (bicyclic) bond motifs is 1. The normalized spacial score (nSPS) is 11.1. The van der Waals surface area contributed by atoms with Crippen LogP contribution in [0.2, 0.25) is 0 Å². The number of halogens is 1. The lowest BCUT2D eigenvalue weighted by molar-refractivity contribution is 0.0941. The Morgan fingerprint density at radius 1 is 1.07 bits per heavy atom. The van der Waals surface area contributed by atoms with E-state index in [0.717, 1.165) is 16.6 Å². The number of carbonyl (C=O) groups is 1. The molecule has 0 unspecified atom stereocenters. The third-order valence-electron chi connectivity index (χ3n) is 4.81. The van der Waals surface area contributed by atoms with Crippen LogP contribution >= 0.6 is 11.3 Å². The molecule has 28 heavy (non-hydrogen) atoms. The molecule has 0 atom stereocenters. The molecule has 0 aliphatic heterocycles. The molecule has 0 fully saturated rings. The molecule has 3 nitrogen and oxygen atoms in total. The van der Waals surface area contributed by atoms with Crippen LogP contribution in [0.15, 0.2) is 66.7 Å². The first-order chi connectivity index (χ1) is 13.6. The number of nitrogens with one attached hydrogen (secondary N) is 1. The molecule has 0 aliphatic rings. The number of nitrogens with zero attached hydrogens (tertiary/aromatic N) is 1. The summed E-state index contributed by atoms with van der Waals surface area (Å²) < 4.78 is 17.0. The number of hydrogen-bond acceptors (Lipinski definition) is 2. The van der Waals surface area contributed by atoms with Gasteiger partial charge in [-0.25, -0.2) is 4.39 Å². The Morgan fingerprint density at radius 3 is 2.61 bits per heavy atom. The maximum absolute atomic E-state index is 13.8. The van der Waals surface area contributed by atoms with Crippen molar-refractivity contribution >= 4 is 27.5 Å². The van der Waals surface area contributed by atoms with Crippen molar-refractivity contribution in [2.24, 2.45) is 0 Å². The third kappa shape index (κ3) is 3.85. The Labute approximate surface area is 167 Å². The summed E-state index contributed by atoms with van der Waals surface area (Å²) in [6, 6.07) is 20.8. The second-order valence-corrected chi connectivity index (χ2v) is 8.09. The van der Waals surface area contributed by atoms with E-state index in [0.29, 0.717) is 17.8 Å². The molecule has 0 radical (unpaired) electrons. The highest BCUT2D eigenvalue weighted by Crippen LogP contribution is 2.29. The average Bonchev–Trinajstić information content (AvgIpc) is 3.22. The zero-order valence-electron chi connectivity index (χ0n) is 15.6. The number of benzene rings is 2. The van der Waals surface area contributed by atoms with Gasteiger partial charge in [0.25, 0.3) is 5.91 Å². The topological polar surface area (TPSA) is 34.0 Å². The van der Waals surface area contributed by atoms with Crippen molar-refractivity contribution in [3.8, 4) is 0 Å². The van der Waals surface area contributed by atoms with Gasteiger partial charge < -0.3 is 9.88 Å². The van der Waals surface area contributed by atoms with E-state index >= 15 is 0 Å². The molecule has 2 heterocycles. The van der Waals surface area contributed by atoms with Crippen molar-refractivity contribution in [3.63, 3.8) is 0 Å². The highest BCUT2D eigenvalue weighted by Gasteiger charge is 2.17. The van der Waals surface area contributed by atoms with Gasteiger partial charge in [-0.05, 0) is 37.1 Å². The first-order valence-corrected chi connectivity index (χ1v) is 10.1. The van der Waals surface area contributed by atoms with Gasteiger partial charge in [0.1, 0.15) is 11.5 Å². The van der Waals surface area contributed by atoms with Gasteiger partial charge in [-0.2, -0.15) is 0 Å². The number of amides is 1. The Morgan fingerprint density at radius 2 is 1.82 bits per heavy atom. The first-order valence-electron chi connectivity index (χ1n) is 9.27. The predicted molar refractivity (Wildman–Crippen MR) is 112 cm³/mol. The zero-order chi connectivity index (χ0) is 19.5. The van der Waals surface area contributed by atoms with Crippen LogP contribution in [0.5, 0.6) is 0 Å². The summed E-state index contributed by atoms with van der Waals surface area (Å²) in [6.45, 7) is 2.96. The number of aromatic nitrogens is 1. The summed E-state index contributed by atoms with van der Waals surface area (Å²) in [5.74, 6) is -0.490. The van der Waals surface area contributed by atoms with Gasteiger partial charge in [-0.1, -0.05) is 48.5 Å². The largest absolute Gasteiger partial charge is 0.347 e. The summed E-state index contributed by atoms with van der Waals surface area (Å²) in [6.07, 6.45) is 0.840. The van der Waals surface area contributed by atoms with E-state index in [1.54, 1.807) is 29.5 Å². The minimum atomic E-state index is -0.307. The maximum atomic E-state index is 13.8. The monoisotopic (exact) mass is 392 g/mol. The van der Waals surface area contributed by atoms with Crippen LogP contribution in [-0.2, 0) is 19.5 Å². The van der Waals surface area contributed by atoms with Crippen molar-refractivity contribution in [3.05, 3.63) is 94.2 Å². The molecule has 2 aromatic carbocycles. The molecule has 4 aromatic rings. The third-order valence-corrected chi connectivity index (χ3v) is 5.80. The predicted octanol–water partition coefficient (Wildman–Crippen LogP) is 5.32. The standard InChI is InChI=1S/C23H21FN2OS/c1-16-13-20-22(28-16)14-21(26(20)12-11-17-7-3-2-4-8-17)23(27)25-15-18-9-5-6-10-19(18)24/h2-10,13-14H,11-12,15H2,1H3,(H,25,27). The van der Waals surface area contributed by atoms with Crippen molar-refractivity contribution < 1.29 is 9.18 Å². The summed E-state index contributed by atoms with van der Waals surface area (Å²) in [5, 5.41) is 2.86. The summed E-state index contributed by atoms with van der Waals surface area (Å²) in [4.78, 5) is 14.1. The minimum Gasteiger partial charge on any atom is -0.347 e. The van der Waals surface area contributed by atoms with Gasteiger partial charge in [0.05, 0.1) is 10.2 Å². The van der Waals surface area contributed by atoms with E-state index in [9.17, 15) is 9.18 Å². The smallest absolute Gasteiger partial charge is 0.268 e. The van der Waals surface area contributed by atoms with Gasteiger partial charge in [0, 0.05) is 23.5 Å². The van der Waals surface area contributed by atoms with E-state index < -0.39 is 0 Å². The molecule has 0 aliphatic carbocycles. The molecular weight excluding hydrogens is 371 g/mol. The summed E-state index contributed by atoms with van der Waals surface area (Å²) in [5.41, 5.74) is 3.41. The van der Waals surface area contributed by atoms with Crippen LogP contribution in [0.3, 0.4) is 0 Å². The lowest BCUT2D eigenvalue weighted by Crippen LogP contribution is -2.26. The fourth-order valence-electron chi connectivity index (χ4n) is 3.39. The molecule has 2 aromatic heterocycles. The van der Waals surface area contributed by atoms with Gasteiger partial charge in [-0.3, -0.25) is 4.79 Å². The molecular formula is C23H21FN2OS. The quantitative estimate of drug-likeness (QED) is 0.473. The van der Waals surface area contributed by atoms with Crippen LogP contribution < -0.4 is 5.32 Å². The fraction of sp³-hybridized carbons (Fsp3) is 0.174. The highest BCUT2D eigenvalue weighted by molar-refractivity contribution is 7.19. The van der Waals surface area contributed by atoms with E-state index in [2.05, 4.69) is 35.0 Å². The molecule has 5 heteroatoms. The van der Waals surface area contributed by atoms with E-state index in [-0.39, 0.29) is 18.3 Å². The highest BCUT2D eigenvalue weighted by atomic mass is 32.1. The molecule has 142 valence electrons. The molecule has 4 rings (SSSR count). The lowest BCUT2D eigenvalue weighted by atomic mass is 10.1. The van der Waals surface area contributed by atoms with Crippen molar-refractivity contribution in [1.82, 2.24) is 9.88 Å². The Hall–Kier alpha value is -2.92. The zero-order valence-corrected chi connectivity index (χ0v) is 16.4. The van der Waals surface area contributed by atoms with Gasteiger partial charge in [0.2, 0.25) is 0 Å². The summed E-state index contributed by atoms with van der Waals surface area (Å²) >= 11 is 1.68. The summed E-state index contributed by atoms with van der Waals surface area (Å²) in [7, 11) is 0. The second kappa shape index (κ2) is 7.98. The molecule has 0 saturated heterocycles. The Balaban J connectivity index is 1.57. The van der Waals surface area contributed by atoms with Crippen LogP contribution in [0.4, 0.5) is 4.39 Å². The SMILES string of the molecule is Cc1cc2c(cc(C(=O)NCc3ccccc3F)n2CCc2ccccc2)s1. The molecule has 1 N–H and O–H groups in total. The van der Waals surface area contributed by atoms with Crippen molar-refractivity contribution in [1.29, 1.82) is 0 Å². The Bertz CT molecular complexity index is 1110. The van der Waals surface area contributed by atoms with E-state index in [4.69, 9.17) is 0 Å². The van der Waals surface area contributed by atoms with Crippen LogP contribution in [0.1, 0.15) is 26.5 Å². The number of carbonyl (C=O) groups excluding carboxylic acids is 1. The van der Waals surface area contributed by atoms with Gasteiger partial charge in [0.15, 0.2) is 0 Å². The van der Waals surface area contributed by atoms with Crippen molar-refractivity contribution in [2.75, 3.05) is 0 Å². The van der Waals surface area contributed by atoms with Crippen molar-refractivity contribution in [2.45, 2.75) is 26.4 Å². The van der Waals surface area contributed by atoms with E-state index in [1.807, 2.05) is 24.3 Å². The van der Waals surface area contributed by atoms with E-state index in [1.165, 1.54) is 16.5 Å². The van der Waals surface area contributed by atoms with Gasteiger partial charge >= 0.3 is 0 Å². The second-order valence-electron chi connectivity index (χ2n) is 6.80. The minimum absolute atomic E-state index is 0.169. The number of aryl methyl sites for hydroxylation is 3. The maximum Gasteiger partial charge on any atom is 0.268 e. The number of hydrogen-bond donors (Lipinski definition) is 1. The van der Waals surface area contributed by atoms with Gasteiger partial charge in [-0.15, -0.1) is 11.3 Å². The number of thiophene rings is 1. The first kappa shape index (κ1) is 18.4. The molecule has 1 amide bonds. The van der Waals surface area contributed by atoms with Crippen LogP contribution in [-0.4, -0.2) is 10.5 Å². The average molecular weight is 392 g/mol. The fourth-order valence-corrected chi connectivity index (χ4v) is 4.35. The molecule has 0 spiro atoms. The lowest BCUT2D eigenvalue weighted by Gasteiger charge is -2.11. The van der Waals surface area contributed by atoms with Crippen LogP contribution in [0, 0.1) is 12.7 Å². The molecule has 0 saturated carbocycles. The van der Waals surface area contributed by atoms with Crippen LogP contribution in [0.25, 0.3) is 10.2 Å². The number of rotatable bonds is 6. The Kier molecular flexibility index (Phi) is 5.26.